The molecule has 0 saturated carbocycles. The third-order valence-electron chi connectivity index (χ3n) is 2.29. The Bertz CT molecular complexity index is 284. The van der Waals surface area contributed by atoms with Crippen LogP contribution in [0, 0.1) is 0 Å². The fraction of sp³-hybridized carbons (Fsp3) is 0.917. The third-order valence-corrected chi connectivity index (χ3v) is 2.29. The maximum atomic E-state index is 11.9. The number of hydrogen-bond donors (Lipinski definition) is 2. The fourth-order valence-electron chi connectivity index (χ4n) is 1.42. The van der Waals surface area contributed by atoms with Crippen LogP contribution < -0.4 is 0 Å². The van der Waals surface area contributed by atoms with Crippen molar-refractivity contribution in [2.75, 3.05) is 0 Å². The average molecular weight is 330 g/mol. The Kier molecular flexibility index (Phi) is 12.7. The normalized spacial score (nSPS) is 11.1. The van der Waals surface area contributed by atoms with Crippen LogP contribution in [0.25, 0.3) is 0 Å². The van der Waals surface area contributed by atoms with Gasteiger partial charge in [-0.1, -0.05) is 13.8 Å². The predicted molar refractivity (Wildman–Crippen MR) is 67.0 cm³/mol. The van der Waals surface area contributed by atoms with Gasteiger partial charge in [0.05, 0.1) is 12.2 Å². The second-order valence-corrected chi connectivity index (χ2v) is 5.55. The predicted octanol–water partition coefficient (Wildman–Crippen LogP) is 1.62. The van der Waals surface area contributed by atoms with Gasteiger partial charge < -0.3 is 4.74 Å². The molecule has 0 radical (unpaired) electrons. The minimum absolute atomic E-state index is 0.0218. The fourth-order valence-corrected chi connectivity index (χ4v) is 1.42. The van der Waals surface area contributed by atoms with Crippen molar-refractivity contribution < 1.29 is 48.6 Å². The molecular formula is C12H26O7Ti. The van der Waals surface area contributed by atoms with Gasteiger partial charge >= 0.3 is 35.3 Å². The van der Waals surface area contributed by atoms with Gasteiger partial charge in [0.1, 0.15) is 0 Å². The SMILES string of the molecule is CCC(CC)(OC(C)C)C(=O)OOC(C)C.[O]=[Ti]([OH])[OH]. The van der Waals surface area contributed by atoms with Crippen molar-refractivity contribution >= 4 is 5.97 Å². The quantitative estimate of drug-likeness (QED) is 0.415. The van der Waals surface area contributed by atoms with Gasteiger partial charge in [0.2, 0.25) is 0 Å². The molecule has 0 spiro atoms. The zero-order valence-electron chi connectivity index (χ0n) is 13.0. The van der Waals surface area contributed by atoms with Crippen LogP contribution in [0.4, 0.5) is 0 Å². The molecule has 0 heterocycles. The van der Waals surface area contributed by atoms with Crippen LogP contribution >= 0.6 is 0 Å². The van der Waals surface area contributed by atoms with Crippen molar-refractivity contribution in [2.24, 2.45) is 0 Å². The molecule has 2 N–H and O–H groups in total. The van der Waals surface area contributed by atoms with Crippen LogP contribution in [0.3, 0.4) is 0 Å². The molecule has 0 amide bonds. The van der Waals surface area contributed by atoms with E-state index in [1.165, 1.54) is 0 Å². The number of rotatable bonds is 7. The van der Waals surface area contributed by atoms with E-state index in [1.807, 2.05) is 27.7 Å². The molecule has 0 fully saturated rings. The second-order valence-electron chi connectivity index (χ2n) is 4.67. The van der Waals surface area contributed by atoms with E-state index in [0.29, 0.717) is 12.8 Å². The summed E-state index contributed by atoms with van der Waals surface area (Å²) in [6, 6.07) is 0. The van der Waals surface area contributed by atoms with Crippen LogP contribution in [0.5, 0.6) is 0 Å². The first-order valence-electron chi connectivity index (χ1n) is 6.58. The summed E-state index contributed by atoms with van der Waals surface area (Å²) in [6.45, 7) is 11.2. The Hall–Kier alpha value is -0.176. The topological polar surface area (TPSA) is 102 Å². The molecule has 0 aromatic rings. The first-order chi connectivity index (χ1) is 9.11. The molecule has 0 bridgehead atoms. The van der Waals surface area contributed by atoms with Gasteiger partial charge in [-0.25, -0.2) is 4.79 Å². The Morgan fingerprint density at radius 2 is 1.50 bits per heavy atom. The van der Waals surface area contributed by atoms with Gasteiger partial charge in [-0.15, -0.1) is 0 Å². The number of ether oxygens (including phenoxy) is 1. The molecule has 0 aliphatic rings. The molecule has 20 heavy (non-hydrogen) atoms. The van der Waals surface area contributed by atoms with Crippen LogP contribution in [0.15, 0.2) is 0 Å². The summed E-state index contributed by atoms with van der Waals surface area (Å²) >= 11 is -3.58. The molecule has 0 rings (SSSR count). The molecule has 0 aromatic heterocycles. The zero-order valence-corrected chi connectivity index (χ0v) is 14.6. The Balaban J connectivity index is 0. The molecule has 0 aromatic carbocycles. The Morgan fingerprint density at radius 1 is 1.10 bits per heavy atom. The van der Waals surface area contributed by atoms with E-state index in [0.717, 1.165) is 0 Å². The van der Waals surface area contributed by atoms with Crippen molar-refractivity contribution in [3.8, 4) is 0 Å². The molecule has 0 atom stereocenters. The van der Waals surface area contributed by atoms with Crippen LogP contribution in [-0.4, -0.2) is 31.2 Å². The summed E-state index contributed by atoms with van der Waals surface area (Å²) in [5.41, 5.74) is -0.886. The Morgan fingerprint density at radius 3 is 1.75 bits per heavy atom. The summed E-state index contributed by atoms with van der Waals surface area (Å²) in [6.07, 6.45) is 0.977. The van der Waals surface area contributed by atoms with E-state index < -0.39 is 30.2 Å². The van der Waals surface area contributed by atoms with Gasteiger partial charge in [0.15, 0.2) is 5.60 Å². The van der Waals surface area contributed by atoms with E-state index in [9.17, 15) is 4.79 Å². The molecule has 0 unspecified atom stereocenters. The standard InChI is InChI=1S/C12H24O4.2H2O.O.Ti/c1-7-12(8-2,14-9(3)4)11(13)16-15-10(5)6;;;;/h9-10H,7-8H2,1-6H3;2*1H2;;/q;;;;+2/p-2. The summed E-state index contributed by atoms with van der Waals surface area (Å²) in [5.74, 6) is -0.445. The van der Waals surface area contributed by atoms with Crippen molar-refractivity contribution in [3.05, 3.63) is 0 Å². The van der Waals surface area contributed by atoms with Gasteiger partial charge in [-0.05, 0) is 40.5 Å². The monoisotopic (exact) mass is 330 g/mol. The van der Waals surface area contributed by atoms with Crippen molar-refractivity contribution in [2.45, 2.75) is 72.2 Å². The average Bonchev–Trinajstić information content (AvgIpc) is 2.32. The van der Waals surface area contributed by atoms with Gasteiger partial charge in [-0.3, -0.25) is 4.89 Å². The molecule has 0 aliphatic heterocycles. The van der Waals surface area contributed by atoms with Crippen LogP contribution in [0.2, 0.25) is 0 Å². The van der Waals surface area contributed by atoms with E-state index in [2.05, 4.69) is 0 Å². The van der Waals surface area contributed by atoms with E-state index >= 15 is 0 Å². The second kappa shape index (κ2) is 11.5. The first kappa shape index (κ1) is 22.1. The van der Waals surface area contributed by atoms with Gasteiger partial charge in [-0.2, -0.15) is 4.89 Å². The van der Waals surface area contributed by atoms with E-state index in [1.54, 1.807) is 13.8 Å². The van der Waals surface area contributed by atoms with Crippen molar-refractivity contribution in [1.82, 2.24) is 0 Å². The van der Waals surface area contributed by atoms with E-state index in [4.69, 9.17) is 25.2 Å². The Labute approximate surface area is 127 Å². The van der Waals surface area contributed by atoms with Crippen LogP contribution in [0.1, 0.15) is 54.4 Å². The zero-order chi connectivity index (χ0) is 16.3. The van der Waals surface area contributed by atoms with Crippen molar-refractivity contribution in [1.29, 1.82) is 0 Å². The first-order valence-corrected chi connectivity index (χ1v) is 8.62. The van der Waals surface area contributed by atoms with Gasteiger partial charge in [0, 0.05) is 0 Å². The molecular weight excluding hydrogens is 304 g/mol. The number of carbonyl (C=O) groups excluding carboxylic acids is 1. The molecule has 0 saturated heterocycles. The summed E-state index contributed by atoms with van der Waals surface area (Å²) in [7, 11) is 0. The summed E-state index contributed by atoms with van der Waals surface area (Å²) < 4.78 is 28.9. The van der Waals surface area contributed by atoms with Gasteiger partial charge in [0.25, 0.3) is 0 Å². The van der Waals surface area contributed by atoms with E-state index in [-0.39, 0.29) is 12.2 Å². The van der Waals surface area contributed by atoms with Crippen molar-refractivity contribution in [3.63, 3.8) is 0 Å². The van der Waals surface area contributed by atoms with Crippen LogP contribution in [-0.2, 0) is 41.2 Å². The number of carbonyl (C=O) groups is 1. The molecule has 7 nitrogen and oxygen atoms in total. The molecule has 8 heteroatoms. The summed E-state index contributed by atoms with van der Waals surface area (Å²) in [5, 5.41) is 0. The molecule has 0 aliphatic carbocycles. The third kappa shape index (κ3) is 10.6. The minimum atomic E-state index is -3.58. The molecule has 120 valence electrons. The summed E-state index contributed by atoms with van der Waals surface area (Å²) in [4.78, 5) is 21.5. The number of hydrogen-bond acceptors (Lipinski definition) is 5. The maximum absolute atomic E-state index is 11.9.